The molecule has 0 nitrogen and oxygen atoms in total. The minimum absolute atomic E-state index is 0.421. The smallest absolute Gasteiger partial charge is 0.00181 e. The van der Waals surface area contributed by atoms with E-state index in [1.807, 2.05) is 17.6 Å². The third-order valence-corrected chi connectivity index (χ3v) is 5.56. The number of thiol groups is 1. The highest BCUT2D eigenvalue weighted by Gasteiger charge is 2.13. The lowest BCUT2D eigenvalue weighted by molar-refractivity contribution is 0.763. The summed E-state index contributed by atoms with van der Waals surface area (Å²) >= 11 is 4.47. The topological polar surface area (TPSA) is 0 Å². The summed E-state index contributed by atoms with van der Waals surface area (Å²) in [7, 11) is 0. The molecule has 150 valence electrons. The van der Waals surface area contributed by atoms with Gasteiger partial charge < -0.3 is 0 Å². The van der Waals surface area contributed by atoms with Crippen molar-refractivity contribution < 1.29 is 0 Å². The SMILES string of the molecule is C=CCC(C)/C(=C(/C)C=C)c1ccc(CC(=C/S)/C(C)=C(/C)CC(=C)C)cc1. The van der Waals surface area contributed by atoms with Crippen molar-refractivity contribution in [3.05, 3.63) is 101 Å². The lowest BCUT2D eigenvalue weighted by Gasteiger charge is -2.18. The highest BCUT2D eigenvalue weighted by molar-refractivity contribution is 7.83. The van der Waals surface area contributed by atoms with Crippen LogP contribution in [0.25, 0.3) is 5.57 Å². The maximum Gasteiger partial charge on any atom is -0.00181 e. The Hall–Kier alpha value is -1.99. The molecule has 0 amide bonds. The van der Waals surface area contributed by atoms with Crippen molar-refractivity contribution >= 4 is 18.2 Å². The van der Waals surface area contributed by atoms with E-state index in [0.29, 0.717) is 5.92 Å². The van der Waals surface area contributed by atoms with Crippen LogP contribution >= 0.6 is 12.6 Å². The van der Waals surface area contributed by atoms with E-state index < -0.39 is 0 Å². The van der Waals surface area contributed by atoms with E-state index in [1.54, 1.807) is 0 Å². The van der Waals surface area contributed by atoms with Gasteiger partial charge in [-0.15, -0.1) is 6.58 Å². The minimum atomic E-state index is 0.421. The first-order valence-corrected chi connectivity index (χ1v) is 10.4. The molecule has 0 fully saturated rings. The molecule has 0 aliphatic carbocycles. The maximum absolute atomic E-state index is 4.47. The van der Waals surface area contributed by atoms with Crippen molar-refractivity contribution in [2.75, 3.05) is 0 Å². The van der Waals surface area contributed by atoms with Crippen LogP contribution < -0.4 is 0 Å². The van der Waals surface area contributed by atoms with Crippen molar-refractivity contribution in [1.29, 1.82) is 0 Å². The molecule has 0 aromatic heterocycles. The Kier molecular flexibility index (Phi) is 10.1. The molecule has 28 heavy (non-hydrogen) atoms. The van der Waals surface area contributed by atoms with Gasteiger partial charge >= 0.3 is 0 Å². The molecule has 1 atom stereocenters. The van der Waals surface area contributed by atoms with Gasteiger partial charge in [-0.25, -0.2) is 0 Å². The van der Waals surface area contributed by atoms with Crippen LogP contribution in [0.3, 0.4) is 0 Å². The molecule has 1 aromatic rings. The zero-order valence-electron chi connectivity index (χ0n) is 18.3. The Morgan fingerprint density at radius 3 is 2.14 bits per heavy atom. The normalized spacial score (nSPS) is 14.7. The summed E-state index contributed by atoms with van der Waals surface area (Å²) in [4.78, 5) is 0. The fraction of sp³-hybridized carbons (Fsp3) is 0.333. The number of rotatable bonds is 10. The van der Waals surface area contributed by atoms with E-state index >= 15 is 0 Å². The third-order valence-electron chi connectivity index (χ3n) is 5.25. The van der Waals surface area contributed by atoms with Gasteiger partial charge in [0.15, 0.2) is 0 Å². The molecule has 0 heterocycles. The molecule has 0 N–H and O–H groups in total. The van der Waals surface area contributed by atoms with E-state index in [1.165, 1.54) is 44.6 Å². The van der Waals surface area contributed by atoms with Crippen molar-refractivity contribution in [2.45, 2.75) is 53.9 Å². The van der Waals surface area contributed by atoms with Crippen molar-refractivity contribution in [2.24, 2.45) is 5.92 Å². The third kappa shape index (κ3) is 6.87. The Labute approximate surface area is 178 Å². The summed E-state index contributed by atoms with van der Waals surface area (Å²) in [5.74, 6) is 0.421. The summed E-state index contributed by atoms with van der Waals surface area (Å²) in [6.07, 6.45) is 6.71. The Balaban J connectivity index is 3.13. The van der Waals surface area contributed by atoms with Gasteiger partial charge in [-0.3, -0.25) is 0 Å². The van der Waals surface area contributed by atoms with Crippen LogP contribution in [-0.2, 0) is 6.42 Å². The van der Waals surface area contributed by atoms with E-state index in [0.717, 1.165) is 19.3 Å². The van der Waals surface area contributed by atoms with Gasteiger partial charge in [0, 0.05) is 0 Å². The predicted octanol–water partition coefficient (Wildman–Crippen LogP) is 8.52. The number of benzene rings is 1. The van der Waals surface area contributed by atoms with Crippen LogP contribution in [0.5, 0.6) is 0 Å². The molecule has 0 aliphatic heterocycles. The van der Waals surface area contributed by atoms with E-state index in [-0.39, 0.29) is 0 Å². The van der Waals surface area contributed by atoms with Gasteiger partial charge in [-0.05, 0) is 91.7 Å². The second-order valence-corrected chi connectivity index (χ2v) is 8.05. The summed E-state index contributed by atoms with van der Waals surface area (Å²) in [5.41, 5.74) is 10.2. The molecule has 1 rings (SSSR count). The van der Waals surface area contributed by atoms with E-state index in [4.69, 9.17) is 0 Å². The van der Waals surface area contributed by atoms with Crippen LogP contribution in [0.15, 0.2) is 89.4 Å². The highest BCUT2D eigenvalue weighted by Crippen LogP contribution is 2.31. The van der Waals surface area contributed by atoms with Gasteiger partial charge in [0.25, 0.3) is 0 Å². The lowest BCUT2D eigenvalue weighted by Crippen LogP contribution is -2.01. The first-order valence-electron chi connectivity index (χ1n) is 9.92. The minimum Gasteiger partial charge on any atom is -0.151 e. The van der Waals surface area contributed by atoms with E-state index in [9.17, 15) is 0 Å². The molecule has 0 saturated heterocycles. The second-order valence-electron chi connectivity index (χ2n) is 7.79. The molecular weight excluding hydrogens is 356 g/mol. The molecule has 0 saturated carbocycles. The Morgan fingerprint density at radius 2 is 1.68 bits per heavy atom. The monoisotopic (exact) mass is 392 g/mol. The van der Waals surface area contributed by atoms with Crippen molar-refractivity contribution in [3.8, 4) is 0 Å². The molecule has 1 aromatic carbocycles. The van der Waals surface area contributed by atoms with Gasteiger partial charge in [0.2, 0.25) is 0 Å². The number of allylic oxidation sites excluding steroid dienone is 8. The summed E-state index contributed by atoms with van der Waals surface area (Å²) in [6, 6.07) is 8.91. The van der Waals surface area contributed by atoms with Gasteiger partial charge in [-0.2, -0.15) is 12.6 Å². The first-order chi connectivity index (χ1) is 13.2. The van der Waals surface area contributed by atoms with Crippen LogP contribution in [0.4, 0.5) is 0 Å². The largest absolute Gasteiger partial charge is 0.151 e. The number of hydrogen-bond donors (Lipinski definition) is 1. The highest BCUT2D eigenvalue weighted by atomic mass is 32.1. The van der Waals surface area contributed by atoms with Gasteiger partial charge in [0.05, 0.1) is 0 Å². The van der Waals surface area contributed by atoms with Crippen LogP contribution in [0.2, 0.25) is 0 Å². The fourth-order valence-corrected chi connectivity index (χ4v) is 3.82. The molecule has 0 aliphatic rings. The second kappa shape index (κ2) is 11.8. The number of hydrogen-bond acceptors (Lipinski definition) is 1. The van der Waals surface area contributed by atoms with Crippen molar-refractivity contribution in [1.82, 2.24) is 0 Å². The molecule has 1 heteroatoms. The molecule has 1 unspecified atom stereocenters. The summed E-state index contributed by atoms with van der Waals surface area (Å²) in [5, 5.41) is 1.94. The zero-order valence-corrected chi connectivity index (χ0v) is 19.2. The lowest BCUT2D eigenvalue weighted by atomic mass is 9.87. The molecule has 0 bridgehead atoms. The van der Waals surface area contributed by atoms with Crippen LogP contribution in [0, 0.1) is 5.92 Å². The quantitative estimate of drug-likeness (QED) is 0.230. The average molecular weight is 393 g/mol. The summed E-state index contributed by atoms with van der Waals surface area (Å²) < 4.78 is 0. The van der Waals surface area contributed by atoms with E-state index in [2.05, 4.69) is 91.2 Å². The first kappa shape index (κ1) is 24.0. The molecule has 0 radical (unpaired) electrons. The van der Waals surface area contributed by atoms with Crippen LogP contribution in [0.1, 0.15) is 58.6 Å². The van der Waals surface area contributed by atoms with Crippen LogP contribution in [-0.4, -0.2) is 0 Å². The Bertz CT molecular complexity index is 797. The van der Waals surface area contributed by atoms with Gasteiger partial charge in [0.1, 0.15) is 0 Å². The zero-order chi connectivity index (χ0) is 21.3. The van der Waals surface area contributed by atoms with Crippen molar-refractivity contribution in [3.63, 3.8) is 0 Å². The predicted molar refractivity (Wildman–Crippen MR) is 132 cm³/mol. The molecule has 0 spiro atoms. The van der Waals surface area contributed by atoms with Gasteiger partial charge in [-0.1, -0.05) is 67.6 Å². The summed E-state index contributed by atoms with van der Waals surface area (Å²) in [6.45, 7) is 22.7. The maximum atomic E-state index is 4.47. The standard InChI is InChI=1S/C27H36S/c1-9-11-21(6)27(20(5)10-2)25-14-12-24(13-15-25)17-26(18-28)23(8)22(7)16-19(3)4/h9-10,12-15,18,21,28H,1-3,11,16-17H2,4-8H3/b23-22-,26-18-,27-20+. The average Bonchev–Trinajstić information content (AvgIpc) is 2.66. The Morgan fingerprint density at radius 1 is 1.07 bits per heavy atom. The fourth-order valence-electron chi connectivity index (χ4n) is 3.54. The molecular formula is C27H36S.